The van der Waals surface area contributed by atoms with Crippen LogP contribution in [0.1, 0.15) is 6.92 Å². The summed E-state index contributed by atoms with van der Waals surface area (Å²) in [4.78, 5) is 1.14. The molecule has 0 aromatic heterocycles. The zero-order valence-electron chi connectivity index (χ0n) is 7.46. The van der Waals surface area contributed by atoms with Crippen LogP contribution in [0.15, 0.2) is 57.8 Å². The molecule has 68 valence electrons. The van der Waals surface area contributed by atoms with E-state index >= 15 is 0 Å². The summed E-state index contributed by atoms with van der Waals surface area (Å²) in [5.41, 5.74) is 0.966. The minimum Gasteiger partial charge on any atom is -0.0960 e. The van der Waals surface area contributed by atoms with Gasteiger partial charge in [-0.2, -0.15) is 0 Å². The summed E-state index contributed by atoms with van der Waals surface area (Å²) in [6.45, 7) is 5.69. The van der Waals surface area contributed by atoms with Crippen LogP contribution in [-0.2, 0) is 0 Å². The van der Waals surface area contributed by atoms with Crippen molar-refractivity contribution in [2.75, 3.05) is 0 Å². The topological polar surface area (TPSA) is 0 Å². The highest BCUT2D eigenvalue weighted by Crippen LogP contribution is 2.29. The van der Waals surface area contributed by atoms with Gasteiger partial charge in [-0.05, 0) is 25.1 Å². The molecule has 1 aromatic rings. The maximum Gasteiger partial charge on any atom is 0.0784 e. The van der Waals surface area contributed by atoms with Crippen LogP contribution in [0.2, 0.25) is 0 Å². The standard InChI is InChI=1S/C11H11ClS/c1-9(2)8-11(12)13-10-6-4-3-5-7-10/h3-8H,1H2,2H3. The highest BCUT2D eigenvalue weighted by Gasteiger charge is 1.95. The van der Waals surface area contributed by atoms with Crippen LogP contribution in [0.3, 0.4) is 0 Å². The van der Waals surface area contributed by atoms with E-state index < -0.39 is 0 Å². The van der Waals surface area contributed by atoms with E-state index in [1.165, 1.54) is 11.8 Å². The molecule has 13 heavy (non-hydrogen) atoms. The van der Waals surface area contributed by atoms with E-state index in [-0.39, 0.29) is 0 Å². The number of thioether (sulfide) groups is 1. The number of hydrogen-bond donors (Lipinski definition) is 0. The average Bonchev–Trinajstić information content (AvgIpc) is 2.04. The van der Waals surface area contributed by atoms with E-state index in [1.54, 1.807) is 0 Å². The van der Waals surface area contributed by atoms with Crippen LogP contribution in [0, 0.1) is 0 Å². The lowest BCUT2D eigenvalue weighted by Gasteiger charge is -1.98. The fourth-order valence-corrected chi connectivity index (χ4v) is 2.06. The summed E-state index contributed by atoms with van der Waals surface area (Å²) < 4.78 is 0.749. The summed E-state index contributed by atoms with van der Waals surface area (Å²) in [5, 5.41) is 0. The third-order valence-electron chi connectivity index (χ3n) is 1.32. The lowest BCUT2D eigenvalue weighted by Crippen LogP contribution is -1.70. The van der Waals surface area contributed by atoms with Crippen molar-refractivity contribution in [1.29, 1.82) is 0 Å². The molecule has 0 heterocycles. The van der Waals surface area contributed by atoms with E-state index in [2.05, 4.69) is 6.58 Å². The Morgan fingerprint density at radius 3 is 2.54 bits per heavy atom. The Kier molecular flexibility index (Phi) is 4.13. The molecule has 0 saturated heterocycles. The van der Waals surface area contributed by atoms with Crippen molar-refractivity contribution in [1.82, 2.24) is 0 Å². The Hall–Kier alpha value is -0.660. The summed E-state index contributed by atoms with van der Waals surface area (Å²) in [7, 11) is 0. The highest BCUT2D eigenvalue weighted by molar-refractivity contribution is 8.04. The Labute approximate surface area is 88.3 Å². The normalized spacial score (nSPS) is 11.4. The summed E-state index contributed by atoms with van der Waals surface area (Å²) >= 11 is 7.51. The molecular weight excluding hydrogens is 200 g/mol. The first-order chi connectivity index (χ1) is 6.18. The fourth-order valence-electron chi connectivity index (χ4n) is 0.824. The molecule has 0 atom stereocenters. The Morgan fingerprint density at radius 1 is 1.38 bits per heavy atom. The Morgan fingerprint density at radius 2 is 2.00 bits per heavy atom. The monoisotopic (exact) mass is 210 g/mol. The van der Waals surface area contributed by atoms with Gasteiger partial charge in [0.2, 0.25) is 0 Å². The molecule has 0 aliphatic rings. The van der Waals surface area contributed by atoms with Crippen molar-refractivity contribution >= 4 is 23.4 Å². The summed E-state index contributed by atoms with van der Waals surface area (Å²) in [6.07, 6.45) is 1.86. The van der Waals surface area contributed by atoms with Gasteiger partial charge in [0, 0.05) is 4.90 Å². The smallest absolute Gasteiger partial charge is 0.0784 e. The van der Waals surface area contributed by atoms with Gasteiger partial charge >= 0.3 is 0 Å². The Balaban J connectivity index is 2.65. The molecule has 1 rings (SSSR count). The third-order valence-corrected chi connectivity index (χ3v) is 2.48. The first kappa shape index (κ1) is 10.4. The second kappa shape index (κ2) is 5.15. The molecular formula is C11H11ClS. The maximum absolute atomic E-state index is 5.97. The molecule has 0 nitrogen and oxygen atoms in total. The van der Waals surface area contributed by atoms with Crippen LogP contribution in [0.5, 0.6) is 0 Å². The molecule has 0 amide bonds. The van der Waals surface area contributed by atoms with Crippen LogP contribution in [-0.4, -0.2) is 0 Å². The number of hydrogen-bond acceptors (Lipinski definition) is 1. The first-order valence-corrected chi connectivity index (χ1v) is 5.13. The predicted molar refractivity (Wildman–Crippen MR) is 61.0 cm³/mol. The molecule has 2 heteroatoms. The fraction of sp³-hybridized carbons (Fsp3) is 0.0909. The van der Waals surface area contributed by atoms with Crippen LogP contribution < -0.4 is 0 Å². The SMILES string of the molecule is C=C(C)C=C(Cl)Sc1ccccc1. The van der Waals surface area contributed by atoms with E-state index in [4.69, 9.17) is 11.6 Å². The van der Waals surface area contributed by atoms with Crippen molar-refractivity contribution in [3.05, 3.63) is 52.9 Å². The van der Waals surface area contributed by atoms with E-state index in [9.17, 15) is 0 Å². The minimum atomic E-state index is 0.749. The number of allylic oxidation sites excluding steroid dienone is 2. The summed E-state index contributed by atoms with van der Waals surface area (Å²) in [6, 6.07) is 10.0. The van der Waals surface area contributed by atoms with Crippen molar-refractivity contribution in [2.45, 2.75) is 11.8 Å². The van der Waals surface area contributed by atoms with Crippen molar-refractivity contribution < 1.29 is 0 Å². The van der Waals surface area contributed by atoms with E-state index in [0.29, 0.717) is 0 Å². The molecule has 0 N–H and O–H groups in total. The molecule has 1 aromatic carbocycles. The number of benzene rings is 1. The average molecular weight is 211 g/mol. The number of halogens is 1. The molecule has 0 unspecified atom stereocenters. The maximum atomic E-state index is 5.97. The largest absolute Gasteiger partial charge is 0.0960 e. The first-order valence-electron chi connectivity index (χ1n) is 3.94. The molecule has 0 spiro atoms. The predicted octanol–water partition coefficient (Wildman–Crippen LogP) is 4.44. The molecule has 0 aliphatic carbocycles. The van der Waals surface area contributed by atoms with Gasteiger partial charge in [-0.25, -0.2) is 0 Å². The quantitative estimate of drug-likeness (QED) is 0.525. The highest BCUT2D eigenvalue weighted by atomic mass is 35.5. The van der Waals surface area contributed by atoms with Crippen molar-refractivity contribution in [2.24, 2.45) is 0 Å². The second-order valence-corrected chi connectivity index (χ2v) is 4.46. The second-order valence-electron chi connectivity index (χ2n) is 2.71. The van der Waals surface area contributed by atoms with Crippen molar-refractivity contribution in [3.63, 3.8) is 0 Å². The van der Waals surface area contributed by atoms with Gasteiger partial charge in [-0.3, -0.25) is 0 Å². The summed E-state index contributed by atoms with van der Waals surface area (Å²) in [5.74, 6) is 0. The van der Waals surface area contributed by atoms with Gasteiger partial charge in [0.25, 0.3) is 0 Å². The lowest BCUT2D eigenvalue weighted by atomic mass is 10.4. The van der Waals surface area contributed by atoms with E-state index in [1.807, 2.05) is 43.3 Å². The number of rotatable bonds is 3. The molecule has 0 radical (unpaired) electrons. The Bertz CT molecular complexity index is 314. The van der Waals surface area contributed by atoms with Gasteiger partial charge in [0.05, 0.1) is 4.36 Å². The van der Waals surface area contributed by atoms with Crippen LogP contribution >= 0.6 is 23.4 Å². The van der Waals surface area contributed by atoms with Gasteiger partial charge in [-0.15, -0.1) is 0 Å². The van der Waals surface area contributed by atoms with Gasteiger partial charge in [0.1, 0.15) is 0 Å². The van der Waals surface area contributed by atoms with E-state index in [0.717, 1.165) is 14.8 Å². The van der Waals surface area contributed by atoms with Crippen LogP contribution in [0.4, 0.5) is 0 Å². The molecule has 0 fully saturated rings. The van der Waals surface area contributed by atoms with Crippen LogP contribution in [0.25, 0.3) is 0 Å². The van der Waals surface area contributed by atoms with Gasteiger partial charge in [-0.1, -0.05) is 53.7 Å². The zero-order chi connectivity index (χ0) is 9.68. The van der Waals surface area contributed by atoms with Gasteiger partial charge < -0.3 is 0 Å². The molecule has 0 saturated carbocycles. The third kappa shape index (κ3) is 4.20. The molecule has 0 aliphatic heterocycles. The van der Waals surface area contributed by atoms with Gasteiger partial charge in [0.15, 0.2) is 0 Å². The zero-order valence-corrected chi connectivity index (χ0v) is 9.03. The minimum absolute atomic E-state index is 0.749. The van der Waals surface area contributed by atoms with Crippen molar-refractivity contribution in [3.8, 4) is 0 Å². The lowest BCUT2D eigenvalue weighted by molar-refractivity contribution is 1.47. The molecule has 0 bridgehead atoms.